The largest absolute Gasteiger partial charge is 0.496 e. The molecular formula is C28H35N5O4. The van der Waals surface area contributed by atoms with Crippen LogP contribution in [0.2, 0.25) is 0 Å². The van der Waals surface area contributed by atoms with Gasteiger partial charge in [0.15, 0.2) is 0 Å². The van der Waals surface area contributed by atoms with Crippen molar-refractivity contribution in [1.82, 2.24) is 20.5 Å². The topological polar surface area (TPSA) is 127 Å². The predicted octanol–water partition coefficient (Wildman–Crippen LogP) is 3.26. The van der Waals surface area contributed by atoms with E-state index in [0.29, 0.717) is 30.8 Å². The molecule has 2 saturated heterocycles. The second kappa shape index (κ2) is 9.40. The molecule has 3 atom stereocenters. The molecule has 3 unspecified atom stereocenters. The minimum atomic E-state index is -0.795. The Labute approximate surface area is 216 Å². The molecule has 1 spiro atoms. The van der Waals surface area contributed by atoms with E-state index >= 15 is 0 Å². The third-order valence-electron chi connectivity index (χ3n) is 8.50. The first-order chi connectivity index (χ1) is 17.6. The normalized spacial score (nSPS) is 24.7. The summed E-state index contributed by atoms with van der Waals surface area (Å²) in [5, 5.41) is 16.5. The van der Waals surface area contributed by atoms with Gasteiger partial charge in [0, 0.05) is 28.9 Å². The molecule has 37 heavy (non-hydrogen) atoms. The van der Waals surface area contributed by atoms with Crippen molar-refractivity contribution in [2.75, 3.05) is 13.7 Å². The fourth-order valence-electron chi connectivity index (χ4n) is 6.20. The standard InChI is InChI=1S/C28H35N5O4/c1-27(2)11-8-17(24(34)32-27)12-18(15-29)30-25(35)22-14-28(9-5-10-28)16-33(22)26(36)21-13-19-20(31-21)6-4-7-23(19)37-3/h4,6-7,13,17-18,22,31H,5,8-12,14,16H2,1-3H3,(H,30,35)(H,32,34). The summed E-state index contributed by atoms with van der Waals surface area (Å²) in [5.41, 5.74) is 0.901. The Morgan fingerprint density at radius 3 is 2.73 bits per heavy atom. The zero-order valence-electron chi connectivity index (χ0n) is 21.7. The predicted molar refractivity (Wildman–Crippen MR) is 138 cm³/mol. The van der Waals surface area contributed by atoms with Gasteiger partial charge in [-0.1, -0.05) is 12.5 Å². The second-order valence-electron chi connectivity index (χ2n) is 11.6. The molecule has 2 aromatic rings. The van der Waals surface area contributed by atoms with Gasteiger partial charge in [0.05, 0.1) is 13.2 Å². The minimum absolute atomic E-state index is 0.0433. The van der Waals surface area contributed by atoms with Crippen LogP contribution in [-0.4, -0.2) is 58.9 Å². The molecule has 1 aliphatic carbocycles. The van der Waals surface area contributed by atoms with Gasteiger partial charge in [-0.05, 0) is 76.0 Å². The highest BCUT2D eigenvalue weighted by atomic mass is 16.5. The molecule has 3 amide bonds. The van der Waals surface area contributed by atoms with E-state index in [-0.39, 0.29) is 41.0 Å². The summed E-state index contributed by atoms with van der Waals surface area (Å²) in [4.78, 5) is 44.6. The van der Waals surface area contributed by atoms with Gasteiger partial charge in [-0.3, -0.25) is 14.4 Å². The smallest absolute Gasteiger partial charge is 0.271 e. The Morgan fingerprint density at radius 2 is 2.08 bits per heavy atom. The number of piperidine rings is 1. The van der Waals surface area contributed by atoms with Crippen LogP contribution in [0.3, 0.4) is 0 Å². The lowest BCUT2D eigenvalue weighted by molar-refractivity contribution is -0.130. The van der Waals surface area contributed by atoms with Gasteiger partial charge < -0.3 is 25.3 Å². The van der Waals surface area contributed by atoms with Crippen LogP contribution in [0.5, 0.6) is 5.75 Å². The van der Waals surface area contributed by atoms with E-state index in [1.165, 1.54) is 0 Å². The molecule has 0 bridgehead atoms. The molecule has 196 valence electrons. The lowest BCUT2D eigenvalue weighted by Gasteiger charge is -2.37. The number of hydrogen-bond donors (Lipinski definition) is 3. The maximum Gasteiger partial charge on any atom is 0.271 e. The molecule has 9 nitrogen and oxygen atoms in total. The Balaban J connectivity index is 1.32. The lowest BCUT2D eigenvalue weighted by atomic mass is 9.67. The quantitative estimate of drug-likeness (QED) is 0.555. The number of fused-ring (bicyclic) bond motifs is 1. The number of hydrogen-bond acceptors (Lipinski definition) is 5. The fourth-order valence-corrected chi connectivity index (χ4v) is 6.20. The van der Waals surface area contributed by atoms with E-state index in [2.05, 4.69) is 21.7 Å². The van der Waals surface area contributed by atoms with E-state index in [9.17, 15) is 19.6 Å². The number of methoxy groups -OCH3 is 1. The summed E-state index contributed by atoms with van der Waals surface area (Å²) in [6.45, 7) is 4.49. The monoisotopic (exact) mass is 505 g/mol. The Kier molecular flexibility index (Phi) is 6.38. The number of carbonyl (C=O) groups is 3. The minimum Gasteiger partial charge on any atom is -0.496 e. The summed E-state index contributed by atoms with van der Waals surface area (Å²) < 4.78 is 5.43. The van der Waals surface area contributed by atoms with Crippen LogP contribution in [0.4, 0.5) is 0 Å². The average Bonchev–Trinajstić information content (AvgIpc) is 3.47. The average molecular weight is 506 g/mol. The van der Waals surface area contributed by atoms with Crippen LogP contribution in [-0.2, 0) is 9.59 Å². The highest BCUT2D eigenvalue weighted by Gasteiger charge is 2.52. The molecule has 1 aromatic heterocycles. The Hall–Kier alpha value is -3.54. The van der Waals surface area contributed by atoms with Crippen LogP contribution in [0.1, 0.15) is 69.3 Å². The zero-order valence-corrected chi connectivity index (χ0v) is 21.7. The molecule has 3 fully saturated rings. The van der Waals surface area contributed by atoms with Crippen LogP contribution >= 0.6 is 0 Å². The number of carbonyl (C=O) groups excluding carboxylic acids is 3. The Morgan fingerprint density at radius 1 is 1.30 bits per heavy atom. The van der Waals surface area contributed by atoms with Gasteiger partial charge >= 0.3 is 0 Å². The molecule has 0 radical (unpaired) electrons. The number of ether oxygens (including phenoxy) is 1. The number of H-pyrrole nitrogens is 1. The van der Waals surface area contributed by atoms with Crippen LogP contribution in [0.15, 0.2) is 24.3 Å². The van der Waals surface area contributed by atoms with Gasteiger partial charge in [0.1, 0.15) is 23.5 Å². The first-order valence-electron chi connectivity index (χ1n) is 13.1. The fraction of sp³-hybridized carbons (Fsp3) is 0.571. The molecular weight excluding hydrogens is 470 g/mol. The van der Waals surface area contributed by atoms with Gasteiger partial charge in [0.25, 0.3) is 5.91 Å². The number of nitriles is 1. The number of benzene rings is 1. The summed E-state index contributed by atoms with van der Waals surface area (Å²) in [7, 11) is 1.59. The van der Waals surface area contributed by atoms with Crippen molar-refractivity contribution in [2.45, 2.75) is 76.4 Å². The number of nitrogens with one attached hydrogen (secondary N) is 3. The van der Waals surface area contributed by atoms with Crippen molar-refractivity contribution in [2.24, 2.45) is 11.3 Å². The maximum absolute atomic E-state index is 13.7. The number of aromatic amines is 1. The third-order valence-corrected chi connectivity index (χ3v) is 8.50. The van der Waals surface area contributed by atoms with Crippen molar-refractivity contribution in [3.05, 3.63) is 30.0 Å². The van der Waals surface area contributed by atoms with Gasteiger partial charge in [0.2, 0.25) is 11.8 Å². The van der Waals surface area contributed by atoms with E-state index in [1.807, 2.05) is 32.0 Å². The molecule has 3 aliphatic rings. The summed E-state index contributed by atoms with van der Waals surface area (Å²) in [5.74, 6) is -0.283. The maximum atomic E-state index is 13.7. The lowest BCUT2D eigenvalue weighted by Crippen LogP contribution is -2.53. The molecule has 9 heteroatoms. The first kappa shape index (κ1) is 25.1. The number of nitrogens with zero attached hydrogens (tertiary/aromatic N) is 2. The number of amides is 3. The zero-order chi connectivity index (χ0) is 26.4. The Bertz CT molecular complexity index is 1270. The summed E-state index contributed by atoms with van der Waals surface area (Å²) >= 11 is 0. The van der Waals surface area contributed by atoms with E-state index in [0.717, 1.165) is 36.6 Å². The van der Waals surface area contributed by atoms with Crippen LogP contribution in [0, 0.1) is 22.7 Å². The number of rotatable bonds is 6. The second-order valence-corrected chi connectivity index (χ2v) is 11.6. The highest BCUT2D eigenvalue weighted by Crippen LogP contribution is 2.50. The van der Waals surface area contributed by atoms with Crippen molar-refractivity contribution >= 4 is 28.6 Å². The SMILES string of the molecule is COc1cccc2[nH]c(C(=O)N3CC4(CCC4)CC3C(=O)NC(C#N)CC3CCC(C)(C)NC3=O)cc12. The van der Waals surface area contributed by atoms with Crippen molar-refractivity contribution in [3.63, 3.8) is 0 Å². The van der Waals surface area contributed by atoms with Crippen molar-refractivity contribution in [3.8, 4) is 11.8 Å². The van der Waals surface area contributed by atoms with Gasteiger partial charge in [-0.2, -0.15) is 5.26 Å². The van der Waals surface area contributed by atoms with Crippen molar-refractivity contribution < 1.29 is 19.1 Å². The number of likely N-dealkylation sites (tertiary alicyclic amines) is 1. The molecule has 5 rings (SSSR count). The summed E-state index contributed by atoms with van der Waals surface area (Å²) in [6.07, 6.45) is 5.41. The number of aromatic nitrogens is 1. The molecule has 2 aliphatic heterocycles. The van der Waals surface area contributed by atoms with E-state index < -0.39 is 12.1 Å². The van der Waals surface area contributed by atoms with Gasteiger partial charge in [-0.25, -0.2) is 0 Å². The molecule has 1 aromatic carbocycles. The highest BCUT2D eigenvalue weighted by molar-refractivity contribution is 6.02. The van der Waals surface area contributed by atoms with E-state index in [4.69, 9.17) is 4.74 Å². The third kappa shape index (κ3) is 4.77. The molecule has 1 saturated carbocycles. The molecule has 3 heterocycles. The van der Waals surface area contributed by atoms with Gasteiger partial charge in [-0.15, -0.1) is 0 Å². The summed E-state index contributed by atoms with van der Waals surface area (Å²) in [6, 6.07) is 8.08. The van der Waals surface area contributed by atoms with E-state index in [1.54, 1.807) is 18.1 Å². The van der Waals surface area contributed by atoms with Crippen LogP contribution < -0.4 is 15.4 Å². The van der Waals surface area contributed by atoms with Crippen LogP contribution in [0.25, 0.3) is 10.9 Å². The first-order valence-corrected chi connectivity index (χ1v) is 13.1. The van der Waals surface area contributed by atoms with Crippen molar-refractivity contribution in [1.29, 1.82) is 5.26 Å². The molecule has 3 N–H and O–H groups in total.